The van der Waals surface area contributed by atoms with E-state index in [1.54, 1.807) is 11.1 Å². The lowest BCUT2D eigenvalue weighted by Crippen LogP contribution is -2.15. The van der Waals surface area contributed by atoms with Crippen LogP contribution in [0.15, 0.2) is 42.5 Å². The van der Waals surface area contributed by atoms with Crippen molar-refractivity contribution in [3.8, 4) is 0 Å². The fraction of sp³-hybridized carbons (Fsp3) is 0.478. The number of hydrogen-bond donors (Lipinski definition) is 0. The van der Waals surface area contributed by atoms with Crippen LogP contribution in [0.5, 0.6) is 0 Å². The zero-order valence-corrected chi connectivity index (χ0v) is 14.8. The second-order valence-electron chi connectivity index (χ2n) is 7.17. The lowest BCUT2D eigenvalue weighted by molar-refractivity contribution is 0.427. The van der Waals surface area contributed by atoms with Crippen molar-refractivity contribution in [2.24, 2.45) is 5.92 Å². The normalized spacial score (nSPS) is 17.0. The quantitative estimate of drug-likeness (QED) is 0.619. The van der Waals surface area contributed by atoms with Crippen molar-refractivity contribution < 1.29 is 0 Å². The molecule has 1 unspecified atom stereocenters. The van der Waals surface area contributed by atoms with Gasteiger partial charge in [0.25, 0.3) is 0 Å². The Balaban J connectivity index is 1.56. The van der Waals surface area contributed by atoms with Crippen LogP contribution in [0, 0.1) is 5.92 Å². The Hall–Kier alpha value is -1.56. The molecule has 0 fully saturated rings. The molecule has 0 bridgehead atoms. The Morgan fingerprint density at radius 2 is 1.57 bits per heavy atom. The predicted octanol–water partition coefficient (Wildman–Crippen LogP) is 5.94. The number of hydrogen-bond acceptors (Lipinski definition) is 0. The summed E-state index contributed by atoms with van der Waals surface area (Å²) in [4.78, 5) is 0. The Bertz CT molecular complexity index is 621. The second-order valence-corrected chi connectivity index (χ2v) is 7.17. The average molecular weight is 306 g/mol. The molecule has 3 rings (SSSR count). The van der Waals surface area contributed by atoms with Crippen molar-refractivity contribution >= 4 is 0 Å². The molecule has 2 aromatic carbocycles. The maximum Gasteiger partial charge on any atom is -0.0247 e. The third-order valence-electron chi connectivity index (χ3n) is 5.41. The summed E-state index contributed by atoms with van der Waals surface area (Å²) in [7, 11) is 0. The largest absolute Gasteiger partial charge is 0.0651 e. The summed E-state index contributed by atoms with van der Waals surface area (Å²) in [5.41, 5.74) is 7.72. The first kappa shape index (κ1) is 16.3. The van der Waals surface area contributed by atoms with E-state index in [9.17, 15) is 0 Å². The van der Waals surface area contributed by atoms with Crippen LogP contribution in [0.1, 0.15) is 60.9 Å². The molecule has 0 saturated carbocycles. The van der Waals surface area contributed by atoms with E-state index >= 15 is 0 Å². The molecular formula is C23H30. The van der Waals surface area contributed by atoms with Gasteiger partial charge >= 0.3 is 0 Å². The summed E-state index contributed by atoms with van der Waals surface area (Å²) in [6.45, 7) is 4.49. The van der Waals surface area contributed by atoms with Crippen molar-refractivity contribution in [1.29, 1.82) is 0 Å². The zero-order chi connectivity index (χ0) is 16.1. The first-order valence-corrected chi connectivity index (χ1v) is 9.47. The topological polar surface area (TPSA) is 0 Å². The fourth-order valence-corrected chi connectivity index (χ4v) is 3.89. The van der Waals surface area contributed by atoms with Gasteiger partial charge in [-0.3, -0.25) is 0 Å². The molecule has 1 atom stereocenters. The molecule has 0 spiro atoms. The molecule has 0 aromatic heterocycles. The molecule has 0 aliphatic heterocycles. The maximum absolute atomic E-state index is 2.47. The van der Waals surface area contributed by atoms with Crippen LogP contribution in [0.2, 0.25) is 0 Å². The number of benzene rings is 2. The summed E-state index contributed by atoms with van der Waals surface area (Å²) in [5, 5.41) is 0. The molecule has 1 aliphatic carbocycles. The third-order valence-corrected chi connectivity index (χ3v) is 5.41. The lowest BCUT2D eigenvalue weighted by Gasteiger charge is -2.25. The van der Waals surface area contributed by atoms with Crippen LogP contribution in [0.25, 0.3) is 0 Å². The minimum absolute atomic E-state index is 0.866. The SMILES string of the molecule is CCCc1ccc2c(c1)CCC(CCc1ccc(CC)cc1)C2. The molecule has 0 nitrogen and oxygen atoms in total. The van der Waals surface area contributed by atoms with Crippen molar-refractivity contribution in [1.82, 2.24) is 0 Å². The van der Waals surface area contributed by atoms with E-state index in [1.807, 2.05) is 0 Å². The van der Waals surface area contributed by atoms with E-state index in [1.165, 1.54) is 61.6 Å². The van der Waals surface area contributed by atoms with E-state index in [2.05, 4.69) is 56.3 Å². The van der Waals surface area contributed by atoms with Gasteiger partial charge in [0.15, 0.2) is 0 Å². The van der Waals surface area contributed by atoms with Crippen molar-refractivity contribution in [3.05, 3.63) is 70.3 Å². The van der Waals surface area contributed by atoms with Crippen LogP contribution in [0.3, 0.4) is 0 Å². The maximum atomic E-state index is 2.47. The van der Waals surface area contributed by atoms with Gasteiger partial charge in [-0.15, -0.1) is 0 Å². The number of aryl methyl sites for hydroxylation is 4. The molecule has 1 aliphatic rings. The van der Waals surface area contributed by atoms with Gasteiger partial charge in [0, 0.05) is 0 Å². The minimum Gasteiger partial charge on any atom is -0.0651 e. The highest BCUT2D eigenvalue weighted by Gasteiger charge is 2.18. The van der Waals surface area contributed by atoms with E-state index in [0.717, 1.165) is 12.3 Å². The van der Waals surface area contributed by atoms with Crippen LogP contribution in [-0.4, -0.2) is 0 Å². The second kappa shape index (κ2) is 7.81. The van der Waals surface area contributed by atoms with Crippen molar-refractivity contribution in [3.63, 3.8) is 0 Å². The van der Waals surface area contributed by atoms with Crippen LogP contribution >= 0.6 is 0 Å². The van der Waals surface area contributed by atoms with Gasteiger partial charge < -0.3 is 0 Å². The summed E-state index contributed by atoms with van der Waals surface area (Å²) in [6, 6.07) is 16.5. The Kier molecular flexibility index (Phi) is 5.54. The molecule has 0 amide bonds. The number of fused-ring (bicyclic) bond motifs is 1. The molecule has 2 aromatic rings. The standard InChI is InChI=1S/C23H30/c1-3-5-20-12-14-23-17-21(13-15-22(23)16-20)11-10-19-8-6-18(4-2)7-9-19/h6-9,12,14,16,21H,3-5,10-11,13,15,17H2,1-2H3. The van der Waals surface area contributed by atoms with Crippen LogP contribution < -0.4 is 0 Å². The molecule has 0 heteroatoms. The minimum atomic E-state index is 0.866. The first-order chi connectivity index (χ1) is 11.3. The van der Waals surface area contributed by atoms with Crippen LogP contribution in [0.4, 0.5) is 0 Å². The summed E-state index contributed by atoms with van der Waals surface area (Å²) in [5.74, 6) is 0.866. The molecule has 0 radical (unpaired) electrons. The summed E-state index contributed by atoms with van der Waals surface area (Å²) in [6.07, 6.45) is 10.1. The highest BCUT2D eigenvalue weighted by molar-refractivity contribution is 5.34. The molecule has 0 saturated heterocycles. The summed E-state index contributed by atoms with van der Waals surface area (Å²) >= 11 is 0. The highest BCUT2D eigenvalue weighted by atomic mass is 14.2. The molecule has 122 valence electrons. The lowest BCUT2D eigenvalue weighted by atomic mass is 9.80. The van der Waals surface area contributed by atoms with Gasteiger partial charge in [-0.2, -0.15) is 0 Å². The Morgan fingerprint density at radius 3 is 2.30 bits per heavy atom. The van der Waals surface area contributed by atoms with Crippen molar-refractivity contribution in [2.45, 2.75) is 65.2 Å². The molecule has 0 heterocycles. The monoisotopic (exact) mass is 306 g/mol. The predicted molar refractivity (Wildman–Crippen MR) is 100 cm³/mol. The molecular weight excluding hydrogens is 276 g/mol. The first-order valence-electron chi connectivity index (χ1n) is 9.47. The molecule has 23 heavy (non-hydrogen) atoms. The van der Waals surface area contributed by atoms with Crippen LogP contribution in [-0.2, 0) is 32.1 Å². The zero-order valence-electron chi connectivity index (χ0n) is 14.8. The molecule has 0 N–H and O–H groups in total. The summed E-state index contributed by atoms with van der Waals surface area (Å²) < 4.78 is 0. The van der Waals surface area contributed by atoms with Gasteiger partial charge in [-0.1, -0.05) is 62.7 Å². The Labute approximate surface area is 141 Å². The van der Waals surface area contributed by atoms with Gasteiger partial charge in [0.05, 0.1) is 0 Å². The van der Waals surface area contributed by atoms with Gasteiger partial charge in [0.1, 0.15) is 0 Å². The Morgan fingerprint density at radius 1 is 0.826 bits per heavy atom. The van der Waals surface area contributed by atoms with Gasteiger partial charge in [0.2, 0.25) is 0 Å². The van der Waals surface area contributed by atoms with E-state index in [4.69, 9.17) is 0 Å². The van der Waals surface area contributed by atoms with E-state index in [-0.39, 0.29) is 0 Å². The highest BCUT2D eigenvalue weighted by Crippen LogP contribution is 2.29. The van der Waals surface area contributed by atoms with E-state index in [0.29, 0.717) is 0 Å². The van der Waals surface area contributed by atoms with E-state index < -0.39 is 0 Å². The third kappa shape index (κ3) is 4.25. The van der Waals surface area contributed by atoms with Gasteiger partial charge in [-0.25, -0.2) is 0 Å². The smallest absolute Gasteiger partial charge is 0.0247 e. The number of rotatable bonds is 6. The average Bonchev–Trinajstić information content (AvgIpc) is 2.60. The van der Waals surface area contributed by atoms with Gasteiger partial charge in [-0.05, 0) is 78.7 Å². The fourth-order valence-electron chi connectivity index (χ4n) is 3.89. The van der Waals surface area contributed by atoms with Crippen molar-refractivity contribution in [2.75, 3.05) is 0 Å².